The number of fused-ring (bicyclic) bond motifs is 1. The van der Waals surface area contributed by atoms with Crippen LogP contribution in [0.3, 0.4) is 0 Å². The van der Waals surface area contributed by atoms with Gasteiger partial charge in [0, 0.05) is 28.4 Å². The Morgan fingerprint density at radius 1 is 1.37 bits per heavy atom. The Hall–Kier alpha value is -1.95. The zero-order valence-electron chi connectivity index (χ0n) is 15.2. The Balaban J connectivity index is 1.66. The number of pyridine rings is 1. The zero-order chi connectivity index (χ0) is 18.8. The number of thiophene rings is 1. The van der Waals surface area contributed by atoms with Crippen molar-refractivity contribution >= 4 is 39.7 Å². The normalized spacial score (nSPS) is 16.7. The van der Waals surface area contributed by atoms with Crippen molar-refractivity contribution in [3.8, 4) is 0 Å². The van der Waals surface area contributed by atoms with Gasteiger partial charge in [-0.2, -0.15) is 0 Å². The fourth-order valence-corrected chi connectivity index (χ4v) is 4.37. The number of ether oxygens (including phenoxy) is 1. The lowest BCUT2D eigenvalue weighted by Crippen LogP contribution is -2.37. The first-order valence-corrected chi connectivity index (χ1v) is 10.4. The summed E-state index contributed by atoms with van der Waals surface area (Å²) in [6, 6.07) is 11.5. The predicted molar refractivity (Wildman–Crippen MR) is 110 cm³/mol. The number of amides is 1. The van der Waals surface area contributed by atoms with Crippen molar-refractivity contribution in [2.75, 3.05) is 13.2 Å². The van der Waals surface area contributed by atoms with Crippen LogP contribution in [0.1, 0.15) is 33.8 Å². The number of nitrogens with zero attached hydrogens (tertiary/aromatic N) is 2. The summed E-state index contributed by atoms with van der Waals surface area (Å²) in [7, 11) is 0. The number of hydrogen-bond acceptors (Lipinski definition) is 4. The number of carbonyl (C=O) groups is 1. The molecule has 0 spiro atoms. The van der Waals surface area contributed by atoms with Crippen LogP contribution in [0.25, 0.3) is 10.9 Å². The first-order valence-electron chi connectivity index (χ1n) is 9.10. The summed E-state index contributed by atoms with van der Waals surface area (Å²) in [6.45, 7) is 3.85. The summed E-state index contributed by atoms with van der Waals surface area (Å²) in [5.41, 5.74) is 2.20. The Kier molecular flexibility index (Phi) is 5.43. The van der Waals surface area contributed by atoms with Gasteiger partial charge in [0.25, 0.3) is 5.91 Å². The molecule has 1 aliphatic rings. The number of halogens is 1. The molecule has 0 saturated carbocycles. The molecule has 0 bridgehead atoms. The maximum atomic E-state index is 13.4. The van der Waals surface area contributed by atoms with E-state index in [9.17, 15) is 4.79 Å². The minimum absolute atomic E-state index is 0.00854. The van der Waals surface area contributed by atoms with Crippen molar-refractivity contribution in [1.29, 1.82) is 0 Å². The predicted octanol–water partition coefficient (Wildman–Crippen LogP) is 5.08. The van der Waals surface area contributed by atoms with E-state index < -0.39 is 0 Å². The molecule has 1 unspecified atom stereocenters. The van der Waals surface area contributed by atoms with Crippen LogP contribution >= 0.6 is 22.9 Å². The molecule has 2 aromatic heterocycles. The van der Waals surface area contributed by atoms with E-state index in [1.807, 2.05) is 47.5 Å². The van der Waals surface area contributed by atoms with Gasteiger partial charge in [0.15, 0.2) is 0 Å². The van der Waals surface area contributed by atoms with Gasteiger partial charge in [-0.15, -0.1) is 11.3 Å². The Labute approximate surface area is 167 Å². The molecule has 3 heterocycles. The largest absolute Gasteiger partial charge is 0.376 e. The average Bonchev–Trinajstić information content (AvgIpc) is 3.34. The maximum absolute atomic E-state index is 13.4. The van der Waals surface area contributed by atoms with E-state index in [-0.39, 0.29) is 12.0 Å². The molecule has 4 rings (SSSR count). The molecule has 1 fully saturated rings. The third kappa shape index (κ3) is 4.15. The summed E-state index contributed by atoms with van der Waals surface area (Å²) < 4.78 is 5.78. The monoisotopic (exact) mass is 400 g/mol. The fraction of sp³-hybridized carbons (Fsp3) is 0.333. The third-order valence-electron chi connectivity index (χ3n) is 4.86. The lowest BCUT2D eigenvalue weighted by atomic mass is 10.1. The summed E-state index contributed by atoms with van der Waals surface area (Å²) in [4.78, 5) is 21.1. The van der Waals surface area contributed by atoms with E-state index >= 15 is 0 Å². The SMILES string of the molecule is Cc1nc2ccc(Cl)cc2cc1C(=O)N(Cc1cccs1)CC1CCCO1. The second-order valence-electron chi connectivity index (χ2n) is 6.86. The van der Waals surface area contributed by atoms with Gasteiger partial charge in [0.05, 0.1) is 29.4 Å². The molecular formula is C21H21ClN2O2S. The molecule has 1 saturated heterocycles. The van der Waals surface area contributed by atoms with Crippen molar-refractivity contribution < 1.29 is 9.53 Å². The molecule has 1 aliphatic heterocycles. The first kappa shape index (κ1) is 18.4. The van der Waals surface area contributed by atoms with Gasteiger partial charge in [-0.3, -0.25) is 9.78 Å². The number of aryl methyl sites for hydroxylation is 1. The van der Waals surface area contributed by atoms with Crippen LogP contribution in [0.15, 0.2) is 41.8 Å². The highest BCUT2D eigenvalue weighted by molar-refractivity contribution is 7.09. The van der Waals surface area contributed by atoms with E-state index in [1.54, 1.807) is 11.3 Å². The van der Waals surface area contributed by atoms with Crippen molar-refractivity contribution in [2.24, 2.45) is 0 Å². The van der Waals surface area contributed by atoms with E-state index in [0.29, 0.717) is 23.7 Å². The number of carbonyl (C=O) groups excluding carboxylic acids is 1. The second kappa shape index (κ2) is 7.97. The molecule has 0 aliphatic carbocycles. The molecule has 1 aromatic carbocycles. The van der Waals surface area contributed by atoms with Gasteiger partial charge >= 0.3 is 0 Å². The molecule has 1 amide bonds. The van der Waals surface area contributed by atoms with Crippen molar-refractivity contribution in [3.63, 3.8) is 0 Å². The molecule has 140 valence electrons. The van der Waals surface area contributed by atoms with Crippen LogP contribution in [-0.2, 0) is 11.3 Å². The lowest BCUT2D eigenvalue weighted by Gasteiger charge is -2.25. The fourth-order valence-electron chi connectivity index (χ4n) is 3.47. The minimum Gasteiger partial charge on any atom is -0.376 e. The summed E-state index contributed by atoms with van der Waals surface area (Å²) in [5.74, 6) is -0.00854. The standard InChI is InChI=1S/C21H21ClN2O2S/c1-14-19(11-15-10-16(22)6-7-20(15)23-14)21(25)24(12-17-4-2-8-26-17)13-18-5-3-9-27-18/h3,5-7,9-11,17H,2,4,8,12-13H2,1H3. The van der Waals surface area contributed by atoms with Gasteiger partial charge < -0.3 is 9.64 Å². The summed E-state index contributed by atoms with van der Waals surface area (Å²) in [5, 5.41) is 3.56. The highest BCUT2D eigenvalue weighted by Gasteiger charge is 2.25. The van der Waals surface area contributed by atoms with E-state index in [2.05, 4.69) is 11.1 Å². The van der Waals surface area contributed by atoms with Crippen molar-refractivity contribution in [2.45, 2.75) is 32.4 Å². The maximum Gasteiger partial charge on any atom is 0.256 e. The quantitative estimate of drug-likeness (QED) is 0.599. The molecular weight excluding hydrogens is 380 g/mol. The first-order chi connectivity index (χ1) is 13.1. The van der Waals surface area contributed by atoms with Gasteiger partial charge in [0.2, 0.25) is 0 Å². The Bertz CT molecular complexity index is 952. The van der Waals surface area contributed by atoms with Gasteiger partial charge in [-0.25, -0.2) is 0 Å². The van der Waals surface area contributed by atoms with Gasteiger partial charge in [-0.05, 0) is 55.5 Å². The number of rotatable bonds is 5. The number of hydrogen-bond donors (Lipinski definition) is 0. The minimum atomic E-state index is -0.00854. The molecule has 1 atom stereocenters. The zero-order valence-corrected chi connectivity index (χ0v) is 16.7. The smallest absolute Gasteiger partial charge is 0.256 e. The average molecular weight is 401 g/mol. The molecule has 0 radical (unpaired) electrons. The molecule has 27 heavy (non-hydrogen) atoms. The van der Waals surface area contributed by atoms with Crippen LogP contribution in [0, 0.1) is 6.92 Å². The number of aromatic nitrogens is 1. The van der Waals surface area contributed by atoms with Crippen LogP contribution < -0.4 is 0 Å². The Morgan fingerprint density at radius 2 is 2.26 bits per heavy atom. The summed E-state index contributed by atoms with van der Waals surface area (Å²) in [6.07, 6.45) is 2.16. The Morgan fingerprint density at radius 3 is 3.00 bits per heavy atom. The van der Waals surface area contributed by atoms with Crippen LogP contribution in [-0.4, -0.2) is 35.0 Å². The number of benzene rings is 1. The van der Waals surface area contributed by atoms with Crippen LogP contribution in [0.2, 0.25) is 5.02 Å². The van der Waals surface area contributed by atoms with Crippen molar-refractivity contribution in [1.82, 2.24) is 9.88 Å². The van der Waals surface area contributed by atoms with E-state index in [1.165, 1.54) is 0 Å². The molecule has 3 aromatic rings. The molecule has 6 heteroatoms. The van der Waals surface area contributed by atoms with Gasteiger partial charge in [0.1, 0.15) is 0 Å². The third-order valence-corrected chi connectivity index (χ3v) is 5.96. The second-order valence-corrected chi connectivity index (χ2v) is 8.33. The van der Waals surface area contributed by atoms with Crippen LogP contribution in [0.5, 0.6) is 0 Å². The van der Waals surface area contributed by atoms with Crippen LogP contribution in [0.4, 0.5) is 0 Å². The van der Waals surface area contributed by atoms with Gasteiger partial charge in [-0.1, -0.05) is 17.7 Å². The summed E-state index contributed by atoms with van der Waals surface area (Å²) >= 11 is 7.79. The van der Waals surface area contributed by atoms with E-state index in [0.717, 1.165) is 40.9 Å². The van der Waals surface area contributed by atoms with E-state index in [4.69, 9.17) is 16.3 Å². The molecule has 0 N–H and O–H groups in total. The topological polar surface area (TPSA) is 42.4 Å². The van der Waals surface area contributed by atoms with Crippen molar-refractivity contribution in [3.05, 3.63) is 62.9 Å². The lowest BCUT2D eigenvalue weighted by molar-refractivity contribution is 0.0509. The highest BCUT2D eigenvalue weighted by atomic mass is 35.5. The molecule has 4 nitrogen and oxygen atoms in total. The highest BCUT2D eigenvalue weighted by Crippen LogP contribution is 2.24.